The Balaban J connectivity index is 3.55. The number of carbonyl (C=O) groups excluding carboxylic acids is 3. The number of alkyl carbamates (subject to hydrolysis) is 1. The molecule has 1 aromatic carbocycles. The summed E-state index contributed by atoms with van der Waals surface area (Å²) in [6.07, 6.45) is 3.60. The zero-order chi connectivity index (χ0) is 28.4. The third kappa shape index (κ3) is 11.1. The second-order valence-corrected chi connectivity index (χ2v) is 12.0. The fourth-order valence-corrected chi connectivity index (χ4v) is 4.04. The molecule has 0 heterocycles. The molecule has 7 nitrogen and oxygen atoms in total. The number of nitrogens with zero attached hydrogens (tertiary/aromatic N) is 1. The van der Waals surface area contributed by atoms with Gasteiger partial charge in [-0.3, -0.25) is 9.59 Å². The third-order valence-corrected chi connectivity index (χ3v) is 6.20. The van der Waals surface area contributed by atoms with E-state index in [-0.39, 0.29) is 17.7 Å². The van der Waals surface area contributed by atoms with Crippen molar-refractivity contribution in [2.75, 3.05) is 6.54 Å². The number of ether oxygens (including phenoxy) is 1. The summed E-state index contributed by atoms with van der Waals surface area (Å²) in [5.41, 5.74) is 0.752. The van der Waals surface area contributed by atoms with E-state index in [4.69, 9.17) is 4.74 Å². The number of rotatable bonds is 12. The van der Waals surface area contributed by atoms with Gasteiger partial charge < -0.3 is 20.3 Å². The standard InChI is InChI=1S/C30H51N3O4/c1-11-14-15-20-33(27(35)24(21(4)12-2)31-28(36)37-30(8,9)10)25(26(34)32-29(5,6)7)23-18-16-22(13-3)17-19-23/h16-19,21,24-25H,11-15,20H2,1-10H3,(H,31,36)(H,32,34). The lowest BCUT2D eigenvalue weighted by Gasteiger charge is -2.37. The van der Waals surface area contributed by atoms with Gasteiger partial charge in [0.25, 0.3) is 0 Å². The molecule has 1 aromatic rings. The van der Waals surface area contributed by atoms with E-state index in [1.165, 1.54) is 0 Å². The Morgan fingerprint density at radius 3 is 2.00 bits per heavy atom. The van der Waals surface area contributed by atoms with Gasteiger partial charge in [-0.2, -0.15) is 0 Å². The Labute approximate surface area is 225 Å². The first-order chi connectivity index (χ1) is 17.1. The van der Waals surface area contributed by atoms with Gasteiger partial charge in [0.15, 0.2) is 0 Å². The van der Waals surface area contributed by atoms with E-state index >= 15 is 0 Å². The number of nitrogens with one attached hydrogen (secondary N) is 2. The number of hydrogen-bond donors (Lipinski definition) is 2. The molecular formula is C30H51N3O4. The van der Waals surface area contributed by atoms with Crippen LogP contribution < -0.4 is 10.6 Å². The normalized spacial score (nSPS) is 14.3. The molecule has 3 unspecified atom stereocenters. The molecule has 0 radical (unpaired) electrons. The van der Waals surface area contributed by atoms with Crippen LogP contribution in [0.15, 0.2) is 24.3 Å². The van der Waals surface area contributed by atoms with Crippen LogP contribution in [0, 0.1) is 5.92 Å². The third-order valence-electron chi connectivity index (χ3n) is 6.20. The van der Waals surface area contributed by atoms with Crippen molar-refractivity contribution >= 4 is 17.9 Å². The average molecular weight is 518 g/mol. The number of benzene rings is 1. The molecule has 0 aliphatic carbocycles. The maximum absolute atomic E-state index is 14.2. The van der Waals surface area contributed by atoms with E-state index in [1.807, 2.05) is 58.9 Å². The fourth-order valence-electron chi connectivity index (χ4n) is 4.04. The van der Waals surface area contributed by atoms with Gasteiger partial charge in [0.05, 0.1) is 0 Å². The van der Waals surface area contributed by atoms with Crippen LogP contribution in [0.25, 0.3) is 0 Å². The van der Waals surface area contributed by atoms with Crippen molar-refractivity contribution < 1.29 is 19.1 Å². The Bertz CT molecular complexity index is 868. The number of unbranched alkanes of at least 4 members (excludes halogenated alkanes) is 2. The molecule has 0 aromatic heterocycles. The molecule has 3 atom stereocenters. The Morgan fingerprint density at radius 1 is 0.946 bits per heavy atom. The van der Waals surface area contributed by atoms with Crippen LogP contribution in [0.5, 0.6) is 0 Å². The molecule has 0 aliphatic rings. The van der Waals surface area contributed by atoms with E-state index in [0.717, 1.165) is 36.8 Å². The van der Waals surface area contributed by atoms with E-state index in [0.29, 0.717) is 13.0 Å². The summed E-state index contributed by atoms with van der Waals surface area (Å²) in [6.45, 7) is 19.7. The van der Waals surface area contributed by atoms with Crippen LogP contribution >= 0.6 is 0 Å². The highest BCUT2D eigenvalue weighted by Gasteiger charge is 2.38. The molecule has 210 valence electrons. The Hall–Kier alpha value is -2.57. The highest BCUT2D eigenvalue weighted by Crippen LogP contribution is 2.26. The molecule has 3 amide bonds. The largest absolute Gasteiger partial charge is 0.444 e. The van der Waals surface area contributed by atoms with Crippen molar-refractivity contribution in [3.05, 3.63) is 35.4 Å². The summed E-state index contributed by atoms with van der Waals surface area (Å²) < 4.78 is 5.48. The number of aryl methyl sites for hydroxylation is 1. The average Bonchev–Trinajstić information content (AvgIpc) is 2.79. The van der Waals surface area contributed by atoms with Crippen molar-refractivity contribution in [2.24, 2.45) is 5.92 Å². The number of amides is 3. The van der Waals surface area contributed by atoms with Crippen molar-refractivity contribution in [1.29, 1.82) is 0 Å². The minimum atomic E-state index is -0.818. The Kier molecular flexibility index (Phi) is 12.6. The van der Waals surface area contributed by atoms with Crippen LogP contribution in [-0.2, 0) is 20.7 Å². The minimum Gasteiger partial charge on any atom is -0.444 e. The monoisotopic (exact) mass is 517 g/mol. The number of hydrogen-bond acceptors (Lipinski definition) is 4. The molecule has 7 heteroatoms. The van der Waals surface area contributed by atoms with Crippen LogP contribution in [-0.4, -0.2) is 46.5 Å². The van der Waals surface area contributed by atoms with Crippen LogP contribution in [0.4, 0.5) is 4.79 Å². The summed E-state index contributed by atoms with van der Waals surface area (Å²) >= 11 is 0. The second kappa shape index (κ2) is 14.4. The second-order valence-electron chi connectivity index (χ2n) is 12.0. The Morgan fingerprint density at radius 2 is 1.54 bits per heavy atom. The summed E-state index contributed by atoms with van der Waals surface area (Å²) in [4.78, 5) is 42.4. The molecule has 2 N–H and O–H groups in total. The molecule has 0 saturated carbocycles. The zero-order valence-electron chi connectivity index (χ0n) is 24.9. The maximum atomic E-state index is 14.2. The maximum Gasteiger partial charge on any atom is 0.408 e. The van der Waals surface area contributed by atoms with Crippen molar-refractivity contribution in [3.8, 4) is 0 Å². The highest BCUT2D eigenvalue weighted by molar-refractivity contribution is 5.92. The van der Waals surface area contributed by atoms with E-state index in [9.17, 15) is 14.4 Å². The predicted octanol–water partition coefficient (Wildman–Crippen LogP) is 6.16. The molecule has 0 bridgehead atoms. The van der Waals surface area contributed by atoms with E-state index in [2.05, 4.69) is 24.5 Å². The molecule has 0 aliphatic heterocycles. The molecule has 0 saturated heterocycles. The summed E-state index contributed by atoms with van der Waals surface area (Å²) in [7, 11) is 0. The smallest absolute Gasteiger partial charge is 0.408 e. The summed E-state index contributed by atoms with van der Waals surface area (Å²) in [5, 5.41) is 5.90. The lowest BCUT2D eigenvalue weighted by atomic mass is 9.94. The lowest BCUT2D eigenvalue weighted by molar-refractivity contribution is -0.144. The van der Waals surface area contributed by atoms with Crippen molar-refractivity contribution in [1.82, 2.24) is 15.5 Å². The molecule has 0 spiro atoms. The first kappa shape index (κ1) is 32.5. The molecule has 0 fully saturated rings. The number of carbonyl (C=O) groups is 3. The first-order valence-electron chi connectivity index (χ1n) is 13.8. The first-order valence-corrected chi connectivity index (χ1v) is 13.8. The minimum absolute atomic E-state index is 0.150. The van der Waals surface area contributed by atoms with Gasteiger partial charge in [0, 0.05) is 12.1 Å². The predicted molar refractivity (Wildman–Crippen MR) is 150 cm³/mol. The van der Waals surface area contributed by atoms with E-state index in [1.54, 1.807) is 25.7 Å². The van der Waals surface area contributed by atoms with Gasteiger partial charge in [-0.05, 0) is 71.4 Å². The summed E-state index contributed by atoms with van der Waals surface area (Å²) in [6, 6.07) is 6.25. The van der Waals surface area contributed by atoms with Gasteiger partial charge >= 0.3 is 6.09 Å². The molecule has 37 heavy (non-hydrogen) atoms. The van der Waals surface area contributed by atoms with Gasteiger partial charge in [0.2, 0.25) is 11.8 Å². The zero-order valence-corrected chi connectivity index (χ0v) is 24.9. The van der Waals surface area contributed by atoms with E-state index < -0.39 is 29.3 Å². The van der Waals surface area contributed by atoms with Gasteiger partial charge in [-0.15, -0.1) is 0 Å². The lowest BCUT2D eigenvalue weighted by Crippen LogP contribution is -2.56. The van der Waals surface area contributed by atoms with Gasteiger partial charge in [-0.1, -0.05) is 71.2 Å². The molecular weight excluding hydrogens is 466 g/mol. The van der Waals surface area contributed by atoms with Gasteiger partial charge in [-0.25, -0.2) is 4.79 Å². The van der Waals surface area contributed by atoms with Crippen LogP contribution in [0.3, 0.4) is 0 Å². The quantitative estimate of drug-likeness (QED) is 0.325. The molecule has 1 rings (SSSR count). The van der Waals surface area contributed by atoms with Crippen LogP contribution in [0.2, 0.25) is 0 Å². The van der Waals surface area contributed by atoms with Crippen LogP contribution in [0.1, 0.15) is 112 Å². The fraction of sp³-hybridized carbons (Fsp3) is 0.700. The van der Waals surface area contributed by atoms with Crippen molar-refractivity contribution in [2.45, 2.75) is 125 Å². The van der Waals surface area contributed by atoms with Crippen molar-refractivity contribution in [3.63, 3.8) is 0 Å². The topological polar surface area (TPSA) is 87.7 Å². The summed E-state index contributed by atoms with van der Waals surface area (Å²) in [5.74, 6) is -0.658. The van der Waals surface area contributed by atoms with Gasteiger partial charge in [0.1, 0.15) is 17.7 Å². The SMILES string of the molecule is CCCCCN(C(=O)C(NC(=O)OC(C)(C)C)C(C)CC)C(C(=O)NC(C)(C)C)c1ccc(CC)cc1. The highest BCUT2D eigenvalue weighted by atomic mass is 16.6.